The van der Waals surface area contributed by atoms with Crippen molar-refractivity contribution in [2.75, 3.05) is 0 Å². The lowest BCUT2D eigenvalue weighted by Gasteiger charge is -2.03. The summed E-state index contributed by atoms with van der Waals surface area (Å²) in [5, 5.41) is 9.89. The fourth-order valence-corrected chi connectivity index (χ4v) is 3.45. The van der Waals surface area contributed by atoms with E-state index in [-0.39, 0.29) is 15.5 Å². The van der Waals surface area contributed by atoms with Crippen molar-refractivity contribution >= 4 is 20.7 Å². The molecular formula is C14H11NO3S. The lowest BCUT2D eigenvalue weighted by Crippen LogP contribution is -2.00. The Labute approximate surface area is 110 Å². The van der Waals surface area contributed by atoms with E-state index in [1.807, 2.05) is 12.1 Å². The first-order valence-corrected chi connectivity index (χ1v) is 7.17. The number of para-hydroxylation sites is 1. The summed E-state index contributed by atoms with van der Waals surface area (Å²) in [6.45, 7) is 0. The Morgan fingerprint density at radius 3 is 2.37 bits per heavy atom. The number of hydrogen-bond donors (Lipinski definition) is 2. The van der Waals surface area contributed by atoms with Crippen molar-refractivity contribution in [3.63, 3.8) is 0 Å². The molecule has 4 nitrogen and oxygen atoms in total. The molecule has 2 aromatic carbocycles. The van der Waals surface area contributed by atoms with Gasteiger partial charge in [-0.05, 0) is 30.3 Å². The Hall–Kier alpha value is -2.27. The zero-order valence-corrected chi connectivity index (χ0v) is 10.7. The minimum atomic E-state index is -3.58. The quantitative estimate of drug-likeness (QED) is 0.754. The zero-order valence-electron chi connectivity index (χ0n) is 9.87. The van der Waals surface area contributed by atoms with Gasteiger partial charge in [0, 0.05) is 17.1 Å². The summed E-state index contributed by atoms with van der Waals surface area (Å²) in [4.78, 5) is 3.35. The van der Waals surface area contributed by atoms with Crippen LogP contribution in [0.5, 0.6) is 5.75 Å². The highest BCUT2D eigenvalue weighted by molar-refractivity contribution is 7.91. The Kier molecular flexibility index (Phi) is 2.57. The molecule has 0 unspecified atom stereocenters. The van der Waals surface area contributed by atoms with E-state index in [0.717, 1.165) is 5.52 Å². The number of H-pyrrole nitrogens is 1. The standard InChI is InChI=1S/C14H11NO3S/c16-10-5-7-11(8-6-10)19(17,18)14-9-15-13-4-2-1-3-12(13)14/h1-9,15-16H. The second-order valence-electron chi connectivity index (χ2n) is 4.20. The summed E-state index contributed by atoms with van der Waals surface area (Å²) in [5.41, 5.74) is 0.778. The van der Waals surface area contributed by atoms with Crippen LogP contribution in [0.4, 0.5) is 0 Å². The number of aromatic hydroxyl groups is 1. The molecule has 0 spiro atoms. The van der Waals surface area contributed by atoms with E-state index in [0.29, 0.717) is 5.39 Å². The molecule has 2 N–H and O–H groups in total. The molecule has 0 aliphatic carbocycles. The number of hydrogen-bond acceptors (Lipinski definition) is 3. The molecule has 0 radical (unpaired) electrons. The van der Waals surface area contributed by atoms with Gasteiger partial charge in [-0.1, -0.05) is 18.2 Å². The molecule has 0 bridgehead atoms. The van der Waals surface area contributed by atoms with E-state index in [1.54, 1.807) is 12.1 Å². The average molecular weight is 273 g/mol. The molecule has 3 aromatic rings. The van der Waals surface area contributed by atoms with E-state index in [2.05, 4.69) is 4.98 Å². The highest BCUT2D eigenvalue weighted by Gasteiger charge is 2.21. The number of nitrogens with one attached hydrogen (secondary N) is 1. The minimum absolute atomic E-state index is 0.0397. The van der Waals surface area contributed by atoms with Crippen LogP contribution in [0.15, 0.2) is 64.5 Å². The fraction of sp³-hybridized carbons (Fsp3) is 0. The number of phenols is 1. The van der Waals surface area contributed by atoms with Crippen molar-refractivity contribution < 1.29 is 13.5 Å². The molecule has 1 aromatic heterocycles. The van der Waals surface area contributed by atoms with Gasteiger partial charge in [-0.25, -0.2) is 8.42 Å². The number of sulfone groups is 1. The van der Waals surface area contributed by atoms with Gasteiger partial charge >= 0.3 is 0 Å². The minimum Gasteiger partial charge on any atom is -0.508 e. The number of phenolic OH excluding ortho intramolecular Hbond substituents is 1. The van der Waals surface area contributed by atoms with Crippen LogP contribution in [0.25, 0.3) is 10.9 Å². The average Bonchev–Trinajstić information content (AvgIpc) is 2.83. The molecule has 96 valence electrons. The van der Waals surface area contributed by atoms with Crippen LogP contribution in [0.2, 0.25) is 0 Å². The predicted octanol–water partition coefficient (Wildman–Crippen LogP) is 2.71. The van der Waals surface area contributed by atoms with Crippen LogP contribution < -0.4 is 0 Å². The molecule has 0 atom stereocenters. The third-order valence-corrected chi connectivity index (χ3v) is 4.80. The van der Waals surface area contributed by atoms with E-state index < -0.39 is 9.84 Å². The van der Waals surface area contributed by atoms with Gasteiger partial charge in [0.1, 0.15) is 5.75 Å². The highest BCUT2D eigenvalue weighted by Crippen LogP contribution is 2.28. The summed E-state index contributed by atoms with van der Waals surface area (Å²) < 4.78 is 25.0. The third kappa shape index (κ3) is 1.88. The predicted molar refractivity (Wildman–Crippen MR) is 71.9 cm³/mol. The third-order valence-electron chi connectivity index (χ3n) is 2.99. The van der Waals surface area contributed by atoms with Crippen LogP contribution in [-0.4, -0.2) is 18.5 Å². The topological polar surface area (TPSA) is 70.2 Å². The molecule has 0 amide bonds. The number of aromatic nitrogens is 1. The summed E-state index contributed by atoms with van der Waals surface area (Å²) in [6, 6.07) is 12.7. The highest BCUT2D eigenvalue weighted by atomic mass is 32.2. The van der Waals surface area contributed by atoms with Gasteiger partial charge in [-0.2, -0.15) is 0 Å². The Balaban J connectivity index is 2.22. The van der Waals surface area contributed by atoms with Crippen molar-refractivity contribution in [1.82, 2.24) is 4.98 Å². The van der Waals surface area contributed by atoms with E-state index >= 15 is 0 Å². The van der Waals surface area contributed by atoms with Crippen molar-refractivity contribution in [2.24, 2.45) is 0 Å². The molecule has 5 heteroatoms. The lowest BCUT2D eigenvalue weighted by molar-refractivity contribution is 0.475. The normalized spacial score (nSPS) is 11.8. The summed E-state index contributed by atoms with van der Waals surface area (Å²) in [7, 11) is -3.58. The molecule has 1 heterocycles. The summed E-state index contributed by atoms with van der Waals surface area (Å²) >= 11 is 0. The fourth-order valence-electron chi connectivity index (χ4n) is 2.02. The molecule has 19 heavy (non-hydrogen) atoms. The van der Waals surface area contributed by atoms with Crippen molar-refractivity contribution in [3.8, 4) is 5.75 Å². The van der Waals surface area contributed by atoms with Crippen LogP contribution in [0, 0.1) is 0 Å². The van der Waals surface area contributed by atoms with E-state index in [4.69, 9.17) is 0 Å². The Morgan fingerprint density at radius 2 is 1.63 bits per heavy atom. The maximum absolute atomic E-state index is 12.5. The van der Waals surface area contributed by atoms with Gasteiger partial charge in [-0.15, -0.1) is 0 Å². The first-order valence-electron chi connectivity index (χ1n) is 5.69. The molecule has 0 aliphatic rings. The lowest BCUT2D eigenvalue weighted by atomic mass is 10.2. The van der Waals surface area contributed by atoms with Gasteiger partial charge < -0.3 is 10.1 Å². The first-order chi connectivity index (χ1) is 9.09. The van der Waals surface area contributed by atoms with Crippen molar-refractivity contribution in [1.29, 1.82) is 0 Å². The maximum Gasteiger partial charge on any atom is 0.208 e. The van der Waals surface area contributed by atoms with Crippen LogP contribution in [-0.2, 0) is 9.84 Å². The Morgan fingerprint density at radius 1 is 0.947 bits per heavy atom. The second kappa shape index (κ2) is 4.13. The molecule has 0 fully saturated rings. The van der Waals surface area contributed by atoms with Crippen molar-refractivity contribution in [2.45, 2.75) is 9.79 Å². The maximum atomic E-state index is 12.5. The van der Waals surface area contributed by atoms with Crippen LogP contribution >= 0.6 is 0 Å². The van der Waals surface area contributed by atoms with Gasteiger partial charge in [-0.3, -0.25) is 0 Å². The van der Waals surface area contributed by atoms with Crippen LogP contribution in [0.1, 0.15) is 0 Å². The number of rotatable bonds is 2. The largest absolute Gasteiger partial charge is 0.508 e. The summed E-state index contributed by atoms with van der Waals surface area (Å²) in [6.07, 6.45) is 1.49. The molecular weight excluding hydrogens is 262 g/mol. The van der Waals surface area contributed by atoms with Crippen LogP contribution in [0.3, 0.4) is 0 Å². The second-order valence-corrected chi connectivity index (χ2v) is 6.11. The SMILES string of the molecule is O=S(=O)(c1ccc(O)cc1)c1c[nH]c2ccccc12. The monoisotopic (exact) mass is 273 g/mol. The van der Waals surface area contributed by atoms with Gasteiger partial charge in [0.2, 0.25) is 9.84 Å². The number of aromatic amines is 1. The molecule has 0 saturated heterocycles. The molecule has 0 aliphatic heterocycles. The van der Waals surface area contributed by atoms with E-state index in [9.17, 15) is 13.5 Å². The van der Waals surface area contributed by atoms with Gasteiger partial charge in [0.15, 0.2) is 0 Å². The molecule has 3 rings (SSSR count). The Bertz CT molecular complexity index is 833. The number of benzene rings is 2. The number of fused-ring (bicyclic) bond motifs is 1. The smallest absolute Gasteiger partial charge is 0.208 e. The van der Waals surface area contributed by atoms with Gasteiger partial charge in [0.05, 0.1) is 9.79 Å². The first kappa shape index (κ1) is 11.8. The van der Waals surface area contributed by atoms with E-state index in [1.165, 1.54) is 30.5 Å². The molecule has 0 saturated carbocycles. The zero-order chi connectivity index (χ0) is 13.5. The van der Waals surface area contributed by atoms with Crippen molar-refractivity contribution in [3.05, 3.63) is 54.7 Å². The van der Waals surface area contributed by atoms with Gasteiger partial charge in [0.25, 0.3) is 0 Å². The summed E-state index contributed by atoms with van der Waals surface area (Å²) in [5.74, 6) is 0.0397.